The van der Waals surface area contributed by atoms with Gasteiger partial charge in [-0.2, -0.15) is 14.9 Å². The molecule has 2 fully saturated rings. The van der Waals surface area contributed by atoms with E-state index in [2.05, 4.69) is 21.5 Å². The molecule has 1 saturated carbocycles. The van der Waals surface area contributed by atoms with E-state index >= 15 is 0 Å². The molecule has 12 heteroatoms. The van der Waals surface area contributed by atoms with Gasteiger partial charge in [-0.05, 0) is 42.8 Å². The minimum absolute atomic E-state index is 0.145. The number of carboxylic acid groups (broad SMARTS) is 1. The molecule has 2 N–H and O–H groups in total. The van der Waals surface area contributed by atoms with Crippen molar-refractivity contribution in [2.75, 3.05) is 4.90 Å². The minimum atomic E-state index is -1.10. The van der Waals surface area contributed by atoms with Crippen molar-refractivity contribution in [3.8, 4) is 16.6 Å². The Labute approximate surface area is 182 Å². The molecular weight excluding hydrogens is 440 g/mol. The second-order valence-electron chi connectivity index (χ2n) is 6.85. The van der Waals surface area contributed by atoms with Crippen LogP contribution in [-0.4, -0.2) is 43.0 Å². The summed E-state index contributed by atoms with van der Waals surface area (Å²) >= 11 is 2.02. The standard InChI is InChI=1S/C19H12N6O4S2/c20-7-11-3-4-13(30-11)12-6-15(24(19(28)29)10-1-2-10)25-16(22-12)9(8-21-25)5-14-17(26)23-18(27)31-14/h3-6,8,10H,1-2H2,(H,28,29)(H,23,26,27). The van der Waals surface area contributed by atoms with Crippen LogP contribution in [0.2, 0.25) is 0 Å². The zero-order valence-electron chi connectivity index (χ0n) is 15.6. The molecule has 0 radical (unpaired) electrons. The molecule has 10 nitrogen and oxygen atoms in total. The summed E-state index contributed by atoms with van der Waals surface area (Å²) in [6.07, 6.45) is 3.38. The maximum atomic E-state index is 12.0. The highest BCUT2D eigenvalue weighted by molar-refractivity contribution is 8.18. The van der Waals surface area contributed by atoms with Gasteiger partial charge in [0.1, 0.15) is 16.8 Å². The van der Waals surface area contributed by atoms with Crippen molar-refractivity contribution in [2.24, 2.45) is 0 Å². The molecule has 5 rings (SSSR count). The summed E-state index contributed by atoms with van der Waals surface area (Å²) in [4.78, 5) is 42.7. The topological polar surface area (TPSA) is 141 Å². The Morgan fingerprint density at radius 2 is 2.19 bits per heavy atom. The molecule has 3 amide bonds. The summed E-state index contributed by atoms with van der Waals surface area (Å²) in [5, 5.41) is 25.0. The van der Waals surface area contributed by atoms with Crippen LogP contribution in [-0.2, 0) is 4.79 Å². The van der Waals surface area contributed by atoms with Crippen molar-refractivity contribution in [1.82, 2.24) is 19.9 Å². The van der Waals surface area contributed by atoms with Crippen LogP contribution in [0.3, 0.4) is 0 Å². The lowest BCUT2D eigenvalue weighted by Gasteiger charge is -2.20. The van der Waals surface area contributed by atoms with Crippen molar-refractivity contribution < 1.29 is 19.5 Å². The first kappa shape index (κ1) is 19.3. The number of carbonyl (C=O) groups is 3. The van der Waals surface area contributed by atoms with Gasteiger partial charge in [-0.1, -0.05) is 0 Å². The van der Waals surface area contributed by atoms with Gasteiger partial charge in [-0.3, -0.25) is 19.8 Å². The summed E-state index contributed by atoms with van der Waals surface area (Å²) in [6, 6.07) is 7.00. The van der Waals surface area contributed by atoms with Crippen molar-refractivity contribution >= 4 is 57.9 Å². The molecule has 0 aromatic carbocycles. The van der Waals surface area contributed by atoms with E-state index in [4.69, 9.17) is 5.26 Å². The smallest absolute Gasteiger partial charge is 0.413 e. The molecule has 0 bridgehead atoms. The number of rotatable bonds is 4. The van der Waals surface area contributed by atoms with Crippen molar-refractivity contribution in [2.45, 2.75) is 18.9 Å². The van der Waals surface area contributed by atoms with Crippen molar-refractivity contribution in [3.05, 3.63) is 39.7 Å². The van der Waals surface area contributed by atoms with Gasteiger partial charge < -0.3 is 5.11 Å². The van der Waals surface area contributed by atoms with Crippen LogP contribution >= 0.6 is 23.1 Å². The molecule has 1 aliphatic carbocycles. The predicted molar refractivity (Wildman–Crippen MR) is 114 cm³/mol. The Morgan fingerprint density at radius 1 is 1.39 bits per heavy atom. The maximum absolute atomic E-state index is 12.0. The number of thiophene rings is 1. The van der Waals surface area contributed by atoms with E-state index in [9.17, 15) is 19.5 Å². The lowest BCUT2D eigenvalue weighted by atomic mass is 10.2. The van der Waals surface area contributed by atoms with Crippen LogP contribution in [0.5, 0.6) is 0 Å². The van der Waals surface area contributed by atoms with E-state index in [1.54, 1.807) is 18.2 Å². The van der Waals surface area contributed by atoms with Gasteiger partial charge in [0.15, 0.2) is 5.65 Å². The molecule has 2 aliphatic rings. The lowest BCUT2D eigenvalue weighted by molar-refractivity contribution is -0.115. The van der Waals surface area contributed by atoms with Gasteiger partial charge in [-0.15, -0.1) is 11.3 Å². The van der Waals surface area contributed by atoms with Crippen LogP contribution in [0, 0.1) is 11.3 Å². The minimum Gasteiger partial charge on any atom is -0.465 e. The molecule has 0 unspecified atom stereocenters. The third-order valence-corrected chi connectivity index (χ3v) is 6.57. The number of carbonyl (C=O) groups excluding carboxylic acids is 2. The van der Waals surface area contributed by atoms with E-state index in [1.165, 1.54) is 33.0 Å². The number of nitrogens with one attached hydrogen (secondary N) is 1. The molecule has 1 saturated heterocycles. The second kappa shape index (κ2) is 7.22. The fourth-order valence-corrected chi connectivity index (χ4v) is 4.67. The van der Waals surface area contributed by atoms with Crippen molar-refractivity contribution in [3.63, 3.8) is 0 Å². The highest BCUT2D eigenvalue weighted by Gasteiger charge is 2.36. The first-order valence-corrected chi connectivity index (χ1v) is 10.7. The SMILES string of the molecule is N#Cc1ccc(-c2cc(N(C(=O)O)C3CC3)n3ncc(C=C4SC(=O)NC4=O)c3n2)s1. The number of thioether (sulfide) groups is 1. The third kappa shape index (κ3) is 3.43. The van der Waals surface area contributed by atoms with Gasteiger partial charge in [-0.25, -0.2) is 9.78 Å². The van der Waals surface area contributed by atoms with Crippen LogP contribution < -0.4 is 10.2 Å². The summed E-state index contributed by atoms with van der Waals surface area (Å²) in [5.41, 5.74) is 1.29. The average Bonchev–Trinajstić information content (AvgIpc) is 3.16. The maximum Gasteiger partial charge on any atom is 0.413 e. The molecule has 154 valence electrons. The molecule has 3 aromatic rings. The number of fused-ring (bicyclic) bond motifs is 1. The molecule has 3 aromatic heterocycles. The van der Waals surface area contributed by atoms with Gasteiger partial charge in [0.05, 0.1) is 21.7 Å². The quantitative estimate of drug-likeness (QED) is 0.575. The Bertz CT molecular complexity index is 1350. The summed E-state index contributed by atoms with van der Waals surface area (Å²) in [7, 11) is 0. The highest BCUT2D eigenvalue weighted by Crippen LogP contribution is 2.36. The average molecular weight is 452 g/mol. The number of amides is 3. The number of hydrogen-bond donors (Lipinski definition) is 2. The second-order valence-corrected chi connectivity index (χ2v) is 8.95. The van der Waals surface area contributed by atoms with E-state index in [0.29, 0.717) is 32.5 Å². The van der Waals surface area contributed by atoms with Crippen LogP contribution in [0.4, 0.5) is 15.4 Å². The van der Waals surface area contributed by atoms with Gasteiger partial charge in [0.25, 0.3) is 11.1 Å². The summed E-state index contributed by atoms with van der Waals surface area (Å²) < 4.78 is 1.42. The molecule has 0 atom stereocenters. The number of anilines is 1. The normalized spacial score (nSPS) is 17.2. The van der Waals surface area contributed by atoms with E-state index in [0.717, 1.165) is 24.6 Å². The van der Waals surface area contributed by atoms with Gasteiger partial charge in [0.2, 0.25) is 0 Å². The Balaban J connectivity index is 1.72. The zero-order valence-corrected chi connectivity index (χ0v) is 17.2. The third-order valence-electron chi connectivity index (χ3n) is 4.74. The molecule has 0 spiro atoms. The number of hydrogen-bond acceptors (Lipinski definition) is 8. The molecule has 31 heavy (non-hydrogen) atoms. The van der Waals surface area contributed by atoms with Gasteiger partial charge in [0, 0.05) is 17.7 Å². The summed E-state index contributed by atoms with van der Waals surface area (Å²) in [5.74, 6) is -0.182. The fourth-order valence-electron chi connectivity index (χ4n) is 3.24. The van der Waals surface area contributed by atoms with Crippen LogP contribution in [0.25, 0.3) is 22.3 Å². The predicted octanol–water partition coefficient (Wildman–Crippen LogP) is 3.30. The van der Waals surface area contributed by atoms with E-state index < -0.39 is 17.2 Å². The molecule has 4 heterocycles. The monoisotopic (exact) mass is 452 g/mol. The van der Waals surface area contributed by atoms with E-state index in [-0.39, 0.29) is 10.9 Å². The Hall–Kier alpha value is -3.69. The summed E-state index contributed by atoms with van der Waals surface area (Å²) in [6.45, 7) is 0. The molecular formula is C19H12N6O4S2. The number of nitriles is 1. The zero-order chi connectivity index (χ0) is 21.7. The number of nitrogens with zero attached hydrogens (tertiary/aromatic N) is 5. The van der Waals surface area contributed by atoms with Crippen LogP contribution in [0.15, 0.2) is 29.3 Å². The first-order chi connectivity index (χ1) is 14.9. The lowest BCUT2D eigenvalue weighted by Crippen LogP contribution is -2.33. The van der Waals surface area contributed by atoms with Crippen molar-refractivity contribution in [1.29, 1.82) is 5.26 Å². The molecule has 1 aliphatic heterocycles. The van der Waals surface area contributed by atoms with E-state index in [1.807, 2.05) is 0 Å². The number of aromatic nitrogens is 3. The number of imide groups is 1. The van der Waals surface area contributed by atoms with Crippen LogP contribution in [0.1, 0.15) is 23.3 Å². The Morgan fingerprint density at radius 3 is 2.81 bits per heavy atom. The fraction of sp³-hybridized carbons (Fsp3) is 0.158. The Kier molecular flexibility index (Phi) is 4.49. The van der Waals surface area contributed by atoms with Gasteiger partial charge >= 0.3 is 6.09 Å². The largest absolute Gasteiger partial charge is 0.465 e. The highest BCUT2D eigenvalue weighted by atomic mass is 32.2. The first-order valence-electron chi connectivity index (χ1n) is 9.10.